The molecule has 1 heterocycles. The minimum absolute atomic E-state index is 0.128. The van der Waals surface area contributed by atoms with Crippen LogP contribution in [0.3, 0.4) is 0 Å². The molecule has 1 aromatic heterocycles. The Kier molecular flexibility index (Phi) is 3.80. The van der Waals surface area contributed by atoms with Crippen LogP contribution in [0.15, 0.2) is 22.7 Å². The number of halogens is 3. The summed E-state index contributed by atoms with van der Waals surface area (Å²) in [6.45, 7) is 3.92. The fraction of sp³-hybridized carbons (Fsp3) is 0.231. The van der Waals surface area contributed by atoms with Crippen molar-refractivity contribution in [2.24, 2.45) is 0 Å². The lowest BCUT2D eigenvalue weighted by Gasteiger charge is -2.11. The first-order valence-electron chi connectivity index (χ1n) is 5.68. The molecule has 0 bridgehead atoms. The van der Waals surface area contributed by atoms with E-state index in [1.165, 1.54) is 6.07 Å². The molecule has 0 spiro atoms. The van der Waals surface area contributed by atoms with Crippen LogP contribution in [-0.2, 0) is 0 Å². The van der Waals surface area contributed by atoms with E-state index in [0.29, 0.717) is 10.0 Å². The molecule has 0 atom stereocenters. The van der Waals surface area contributed by atoms with Gasteiger partial charge >= 0.3 is 0 Å². The summed E-state index contributed by atoms with van der Waals surface area (Å²) in [6.07, 6.45) is 0. The molecule has 0 aliphatic carbocycles. The molecule has 0 unspecified atom stereocenters. The van der Waals surface area contributed by atoms with Gasteiger partial charge < -0.3 is 5.73 Å². The van der Waals surface area contributed by atoms with Crippen LogP contribution in [0.25, 0.3) is 11.4 Å². The summed E-state index contributed by atoms with van der Waals surface area (Å²) < 4.78 is 26.8. The van der Waals surface area contributed by atoms with Gasteiger partial charge in [0.05, 0.1) is 10.2 Å². The molecule has 2 rings (SSSR count). The Morgan fingerprint density at radius 1 is 1.16 bits per heavy atom. The van der Waals surface area contributed by atoms with Crippen LogP contribution in [0.2, 0.25) is 0 Å². The summed E-state index contributed by atoms with van der Waals surface area (Å²) in [4.78, 5) is 8.43. The van der Waals surface area contributed by atoms with Gasteiger partial charge in [-0.05, 0) is 40.0 Å². The largest absolute Gasteiger partial charge is 0.383 e. The molecule has 0 saturated heterocycles. The maximum absolute atomic E-state index is 13.2. The van der Waals surface area contributed by atoms with Gasteiger partial charge in [-0.15, -0.1) is 0 Å². The van der Waals surface area contributed by atoms with E-state index in [-0.39, 0.29) is 17.6 Å². The minimum Gasteiger partial charge on any atom is -0.383 e. The molecule has 100 valence electrons. The molecule has 0 amide bonds. The van der Waals surface area contributed by atoms with Gasteiger partial charge in [-0.2, -0.15) is 0 Å². The van der Waals surface area contributed by atoms with Crippen LogP contribution in [0, 0.1) is 11.6 Å². The van der Waals surface area contributed by atoms with Gasteiger partial charge in [-0.3, -0.25) is 0 Å². The zero-order valence-corrected chi connectivity index (χ0v) is 12.0. The molecule has 1 aromatic carbocycles. The van der Waals surface area contributed by atoms with E-state index in [9.17, 15) is 8.78 Å². The van der Waals surface area contributed by atoms with Crippen molar-refractivity contribution in [1.29, 1.82) is 0 Å². The Morgan fingerprint density at radius 2 is 1.84 bits per heavy atom. The topological polar surface area (TPSA) is 51.8 Å². The summed E-state index contributed by atoms with van der Waals surface area (Å²) in [5.74, 6) is -1.16. The van der Waals surface area contributed by atoms with Crippen molar-refractivity contribution in [3.63, 3.8) is 0 Å². The van der Waals surface area contributed by atoms with E-state index in [1.807, 2.05) is 13.8 Å². The fourth-order valence-electron chi connectivity index (χ4n) is 1.63. The van der Waals surface area contributed by atoms with Crippen molar-refractivity contribution in [2.45, 2.75) is 19.8 Å². The van der Waals surface area contributed by atoms with Crippen LogP contribution in [0.4, 0.5) is 14.6 Å². The highest BCUT2D eigenvalue weighted by atomic mass is 79.9. The molecule has 3 nitrogen and oxygen atoms in total. The highest BCUT2D eigenvalue weighted by Gasteiger charge is 2.15. The lowest BCUT2D eigenvalue weighted by atomic mass is 10.1. The Labute approximate surface area is 118 Å². The number of benzene rings is 1. The first-order valence-corrected chi connectivity index (χ1v) is 6.47. The number of anilines is 1. The quantitative estimate of drug-likeness (QED) is 0.910. The monoisotopic (exact) mass is 327 g/mol. The lowest BCUT2D eigenvalue weighted by molar-refractivity contribution is 0.509. The number of rotatable bonds is 2. The summed E-state index contributed by atoms with van der Waals surface area (Å²) in [5.41, 5.74) is 6.92. The predicted molar refractivity (Wildman–Crippen MR) is 73.6 cm³/mol. The van der Waals surface area contributed by atoms with Gasteiger partial charge in [0.15, 0.2) is 17.5 Å². The van der Waals surface area contributed by atoms with Crippen LogP contribution in [-0.4, -0.2) is 9.97 Å². The molecular weight excluding hydrogens is 316 g/mol. The highest BCUT2D eigenvalue weighted by Crippen LogP contribution is 2.30. The molecule has 0 aliphatic heterocycles. The third kappa shape index (κ3) is 2.73. The van der Waals surface area contributed by atoms with Crippen molar-refractivity contribution >= 4 is 21.7 Å². The second-order valence-corrected chi connectivity index (χ2v) is 5.21. The third-order valence-electron chi connectivity index (χ3n) is 2.63. The van der Waals surface area contributed by atoms with Crippen molar-refractivity contribution < 1.29 is 8.78 Å². The average Bonchev–Trinajstić information content (AvgIpc) is 2.35. The van der Waals surface area contributed by atoms with Crippen LogP contribution in [0.1, 0.15) is 25.5 Å². The van der Waals surface area contributed by atoms with Gasteiger partial charge in [0.25, 0.3) is 0 Å². The van der Waals surface area contributed by atoms with Crippen molar-refractivity contribution in [1.82, 2.24) is 9.97 Å². The maximum Gasteiger partial charge on any atom is 0.161 e. The Bertz CT molecular complexity index is 630. The second kappa shape index (κ2) is 5.21. The molecule has 0 radical (unpaired) electrons. The van der Waals surface area contributed by atoms with Crippen LogP contribution >= 0.6 is 15.9 Å². The van der Waals surface area contributed by atoms with Gasteiger partial charge in [0.1, 0.15) is 5.82 Å². The Hall–Kier alpha value is -1.56. The van der Waals surface area contributed by atoms with E-state index in [0.717, 1.165) is 17.8 Å². The summed E-state index contributed by atoms with van der Waals surface area (Å²) in [7, 11) is 0. The number of hydrogen-bond acceptors (Lipinski definition) is 3. The molecular formula is C13H12BrF2N3. The van der Waals surface area contributed by atoms with Crippen LogP contribution < -0.4 is 5.73 Å². The van der Waals surface area contributed by atoms with Crippen LogP contribution in [0.5, 0.6) is 0 Å². The number of aromatic nitrogens is 2. The third-order valence-corrected chi connectivity index (χ3v) is 3.44. The highest BCUT2D eigenvalue weighted by molar-refractivity contribution is 9.10. The van der Waals surface area contributed by atoms with Gasteiger partial charge in [0.2, 0.25) is 0 Å². The average molecular weight is 328 g/mol. The fourth-order valence-corrected chi connectivity index (χ4v) is 2.26. The molecule has 0 fully saturated rings. The van der Waals surface area contributed by atoms with Gasteiger partial charge in [0, 0.05) is 5.56 Å². The molecule has 6 heteroatoms. The molecule has 2 N–H and O–H groups in total. The number of nitrogens with zero attached hydrogens (tertiary/aromatic N) is 2. The summed E-state index contributed by atoms with van der Waals surface area (Å²) in [5, 5.41) is 0. The normalized spacial score (nSPS) is 11.1. The summed E-state index contributed by atoms with van der Waals surface area (Å²) in [6, 6.07) is 3.52. The first kappa shape index (κ1) is 13.9. The molecule has 2 aromatic rings. The number of nitrogens with two attached hydrogens (primary N) is 1. The lowest BCUT2D eigenvalue weighted by Crippen LogP contribution is -2.04. The molecule has 0 aliphatic rings. The number of nitrogen functional groups attached to an aromatic ring is 1. The van der Waals surface area contributed by atoms with E-state index < -0.39 is 11.6 Å². The van der Waals surface area contributed by atoms with E-state index in [4.69, 9.17) is 5.73 Å². The second-order valence-electron chi connectivity index (χ2n) is 4.42. The van der Waals surface area contributed by atoms with Crippen molar-refractivity contribution in [3.8, 4) is 11.4 Å². The smallest absolute Gasteiger partial charge is 0.161 e. The summed E-state index contributed by atoms with van der Waals surface area (Å²) >= 11 is 3.33. The Morgan fingerprint density at radius 3 is 2.42 bits per heavy atom. The zero-order valence-electron chi connectivity index (χ0n) is 10.4. The van der Waals surface area contributed by atoms with E-state index in [2.05, 4.69) is 25.9 Å². The van der Waals surface area contributed by atoms with E-state index in [1.54, 1.807) is 0 Å². The van der Waals surface area contributed by atoms with Crippen molar-refractivity contribution in [2.75, 3.05) is 5.73 Å². The van der Waals surface area contributed by atoms with Gasteiger partial charge in [-0.1, -0.05) is 13.8 Å². The zero-order chi connectivity index (χ0) is 14.2. The number of hydrogen-bond donors (Lipinski definition) is 1. The SMILES string of the molecule is CC(C)c1nc(-c2ccc(F)c(F)c2)nc(N)c1Br. The first-order chi connectivity index (χ1) is 8.90. The minimum atomic E-state index is -0.936. The molecule has 0 saturated carbocycles. The Balaban J connectivity index is 2.59. The van der Waals surface area contributed by atoms with Crippen molar-refractivity contribution in [3.05, 3.63) is 40.0 Å². The maximum atomic E-state index is 13.2. The van der Waals surface area contributed by atoms with E-state index >= 15 is 0 Å². The predicted octanol–water partition coefficient (Wildman–Crippen LogP) is 3.89. The standard InChI is InChI=1S/C13H12BrF2N3/c1-6(2)11-10(14)12(17)19-13(18-11)7-3-4-8(15)9(16)5-7/h3-6H,1-2H3,(H2,17,18,19). The van der Waals surface area contributed by atoms with Gasteiger partial charge in [-0.25, -0.2) is 18.7 Å². The molecule has 19 heavy (non-hydrogen) atoms.